The summed E-state index contributed by atoms with van der Waals surface area (Å²) >= 11 is 0. The zero-order valence-corrected chi connectivity index (χ0v) is 37.8. The fourth-order valence-corrected chi connectivity index (χ4v) is 9.23. The van der Waals surface area contributed by atoms with E-state index in [4.69, 9.17) is 33.8 Å². The zero-order chi connectivity index (χ0) is 47.1. The van der Waals surface area contributed by atoms with Crippen LogP contribution in [0.25, 0.3) is 0 Å². The Morgan fingerprint density at radius 3 is 1.85 bits per heavy atom. The van der Waals surface area contributed by atoms with Gasteiger partial charge in [0.15, 0.2) is 11.5 Å². The molecule has 0 spiro atoms. The summed E-state index contributed by atoms with van der Waals surface area (Å²) in [6.45, 7) is 2.94. The standard InChI is InChI=1S/C52H48N6O10/c1-31-18-39-41(53-27-37-22-34-8-4-6-10-43(34)56(37)51(39)62)25-45(31)66-29-32-19-33(21-36(20-32)55(2)15-17-65-16-14-50(61)68-58-48(59)12-13-49(58)60)30-67-47-26-42-40(24-46(47)64-3)52(63)57-38(28-54-42)23-35-9-5-7-11-44(35)57/h4-11,18-21,24-28,37-38H,12-17,22-23,29-30H2,1-3H3/t37-,38-/m0/s1. The van der Waals surface area contributed by atoms with Gasteiger partial charge >= 0.3 is 5.97 Å². The molecule has 10 rings (SSSR count). The average Bonchev–Trinajstić information content (AvgIpc) is 3.96. The lowest BCUT2D eigenvalue weighted by atomic mass is 10.1. The molecule has 0 radical (unpaired) electrons. The number of nitrogens with zero attached hydrogens (tertiary/aromatic N) is 6. The third kappa shape index (κ3) is 8.54. The number of hydroxylamine groups is 2. The predicted molar refractivity (Wildman–Crippen MR) is 253 cm³/mol. The van der Waals surface area contributed by atoms with E-state index >= 15 is 0 Å². The maximum absolute atomic E-state index is 14.0. The number of carbonyl (C=O) groups is 5. The molecule has 346 valence electrons. The smallest absolute Gasteiger partial charge is 0.335 e. The number of rotatable bonds is 15. The summed E-state index contributed by atoms with van der Waals surface area (Å²) in [4.78, 5) is 84.1. The summed E-state index contributed by atoms with van der Waals surface area (Å²) < 4.78 is 24.5. The van der Waals surface area contributed by atoms with E-state index in [2.05, 4.69) is 0 Å². The topological polar surface area (TPSA) is 169 Å². The molecule has 5 aliphatic rings. The minimum Gasteiger partial charge on any atom is -0.493 e. The van der Waals surface area contributed by atoms with Gasteiger partial charge in [0, 0.05) is 80.9 Å². The molecule has 16 nitrogen and oxygen atoms in total. The second-order valence-electron chi connectivity index (χ2n) is 17.3. The van der Waals surface area contributed by atoms with Crippen molar-refractivity contribution in [2.45, 2.75) is 64.3 Å². The third-order valence-corrected chi connectivity index (χ3v) is 12.8. The van der Waals surface area contributed by atoms with Crippen molar-refractivity contribution in [3.05, 3.63) is 130 Å². The molecular weight excluding hydrogens is 869 g/mol. The highest BCUT2D eigenvalue weighted by Gasteiger charge is 2.38. The van der Waals surface area contributed by atoms with Gasteiger partial charge in [-0.15, -0.1) is 5.06 Å². The molecule has 2 atom stereocenters. The van der Waals surface area contributed by atoms with Crippen LogP contribution in [0, 0.1) is 6.92 Å². The lowest BCUT2D eigenvalue weighted by Gasteiger charge is -2.23. The van der Waals surface area contributed by atoms with E-state index in [0.717, 1.165) is 44.9 Å². The average molecular weight is 917 g/mol. The number of para-hydroxylation sites is 2. The van der Waals surface area contributed by atoms with Gasteiger partial charge < -0.3 is 28.7 Å². The van der Waals surface area contributed by atoms with Gasteiger partial charge in [0.1, 0.15) is 19.0 Å². The first-order valence-corrected chi connectivity index (χ1v) is 22.5. The molecule has 1 fully saturated rings. The van der Waals surface area contributed by atoms with Crippen molar-refractivity contribution >= 4 is 70.5 Å². The van der Waals surface area contributed by atoms with Crippen LogP contribution in [-0.2, 0) is 50.0 Å². The number of benzene rings is 5. The number of anilines is 3. The van der Waals surface area contributed by atoms with Crippen LogP contribution in [-0.4, -0.2) is 93.1 Å². The SMILES string of the molecule is COc1cc2c(cc1OCc1cc(COc3cc4c(cc3C)C(=O)N3c5ccccc5C[C@H]3C=N4)cc(N(C)CCOCCC(=O)ON3C(=O)CCC3=O)c1)N=C[C@@H]1Cc3ccccc3N1C2=O. The van der Waals surface area contributed by atoms with Crippen LogP contribution in [0.4, 0.5) is 28.4 Å². The first-order valence-electron chi connectivity index (χ1n) is 22.5. The molecule has 0 aromatic heterocycles. The number of aliphatic imine (C=N–C) groups is 2. The van der Waals surface area contributed by atoms with Crippen molar-refractivity contribution in [1.29, 1.82) is 0 Å². The highest BCUT2D eigenvalue weighted by atomic mass is 16.7. The second kappa shape index (κ2) is 18.4. The largest absolute Gasteiger partial charge is 0.493 e. The summed E-state index contributed by atoms with van der Waals surface area (Å²) in [6, 6.07) is 28.5. The first-order chi connectivity index (χ1) is 33.0. The Hall–Kier alpha value is -7.85. The lowest BCUT2D eigenvalue weighted by Crippen LogP contribution is -2.37. The Bertz CT molecular complexity index is 2930. The second-order valence-corrected chi connectivity index (χ2v) is 17.3. The molecule has 0 aliphatic carbocycles. The van der Waals surface area contributed by atoms with Gasteiger partial charge in [-0.2, -0.15) is 0 Å². The molecule has 5 aliphatic heterocycles. The van der Waals surface area contributed by atoms with E-state index in [1.165, 1.54) is 7.11 Å². The van der Waals surface area contributed by atoms with Crippen LogP contribution in [0.1, 0.15) is 67.8 Å². The van der Waals surface area contributed by atoms with Crippen LogP contribution < -0.4 is 28.9 Å². The highest BCUT2D eigenvalue weighted by Crippen LogP contribution is 2.42. The molecule has 0 unspecified atom stereocenters. The van der Waals surface area contributed by atoms with Gasteiger partial charge in [-0.05, 0) is 77.2 Å². The Morgan fingerprint density at radius 1 is 0.691 bits per heavy atom. The van der Waals surface area contributed by atoms with Crippen molar-refractivity contribution in [2.24, 2.45) is 9.98 Å². The normalized spacial score (nSPS) is 17.5. The molecule has 16 heteroatoms. The molecule has 0 N–H and O–H groups in total. The molecule has 4 amide bonds. The van der Waals surface area contributed by atoms with Gasteiger partial charge in [0.25, 0.3) is 23.6 Å². The van der Waals surface area contributed by atoms with Gasteiger partial charge in [0.2, 0.25) is 0 Å². The number of aryl methyl sites for hydroxylation is 1. The predicted octanol–water partition coefficient (Wildman–Crippen LogP) is 7.19. The Labute approximate surface area is 392 Å². The third-order valence-electron chi connectivity index (χ3n) is 12.8. The highest BCUT2D eigenvalue weighted by molar-refractivity contribution is 6.15. The lowest BCUT2D eigenvalue weighted by molar-refractivity contribution is -0.198. The van der Waals surface area contributed by atoms with Crippen LogP contribution in [0.3, 0.4) is 0 Å². The van der Waals surface area contributed by atoms with E-state index in [-0.39, 0.29) is 69.6 Å². The van der Waals surface area contributed by atoms with Crippen LogP contribution >= 0.6 is 0 Å². The van der Waals surface area contributed by atoms with Crippen molar-refractivity contribution in [3.63, 3.8) is 0 Å². The molecular formula is C52H48N6O10. The Morgan fingerprint density at radius 2 is 1.25 bits per heavy atom. The quantitative estimate of drug-likeness (QED) is 0.0770. The zero-order valence-electron chi connectivity index (χ0n) is 37.8. The van der Waals surface area contributed by atoms with Crippen LogP contribution in [0.15, 0.2) is 101 Å². The van der Waals surface area contributed by atoms with Crippen molar-refractivity contribution in [3.8, 4) is 17.2 Å². The van der Waals surface area contributed by atoms with E-state index in [1.54, 1.807) is 17.0 Å². The number of imide groups is 1. The minimum absolute atomic E-state index is 0.0193. The molecule has 0 saturated carbocycles. The number of hydrogen-bond acceptors (Lipinski definition) is 13. The van der Waals surface area contributed by atoms with Gasteiger partial charge in [-0.3, -0.25) is 39.0 Å². The van der Waals surface area contributed by atoms with E-state index in [1.807, 2.05) is 115 Å². The summed E-state index contributed by atoms with van der Waals surface area (Å²) in [5.74, 6) is -0.674. The summed E-state index contributed by atoms with van der Waals surface area (Å²) in [5, 5.41) is 0.526. The number of likely N-dealkylation sites (N-methyl/N-ethyl adjacent to an activating group) is 1. The maximum atomic E-state index is 14.0. The number of ether oxygens (including phenoxy) is 4. The molecule has 5 aromatic carbocycles. The van der Waals surface area contributed by atoms with E-state index in [9.17, 15) is 24.0 Å². The Balaban J connectivity index is 0.861. The van der Waals surface area contributed by atoms with Gasteiger partial charge in [0.05, 0.1) is 61.3 Å². The van der Waals surface area contributed by atoms with Gasteiger partial charge in [-0.1, -0.05) is 36.4 Å². The van der Waals surface area contributed by atoms with Crippen LogP contribution in [0.5, 0.6) is 17.2 Å². The molecule has 68 heavy (non-hydrogen) atoms. The van der Waals surface area contributed by atoms with Crippen molar-refractivity contribution in [1.82, 2.24) is 5.06 Å². The summed E-state index contributed by atoms with van der Waals surface area (Å²) in [5.41, 5.74) is 9.21. The molecule has 5 heterocycles. The summed E-state index contributed by atoms with van der Waals surface area (Å²) in [6.07, 6.45) is 4.94. The Kier molecular flexibility index (Phi) is 11.9. The number of methoxy groups -OCH3 is 1. The van der Waals surface area contributed by atoms with Crippen molar-refractivity contribution < 1.29 is 47.8 Å². The van der Waals surface area contributed by atoms with Crippen LogP contribution in [0.2, 0.25) is 0 Å². The summed E-state index contributed by atoms with van der Waals surface area (Å²) in [7, 11) is 3.45. The molecule has 1 saturated heterocycles. The maximum Gasteiger partial charge on any atom is 0.335 e. The van der Waals surface area contributed by atoms with Crippen molar-refractivity contribution in [2.75, 3.05) is 48.6 Å². The van der Waals surface area contributed by atoms with Gasteiger partial charge in [-0.25, -0.2) is 4.79 Å². The number of fused-ring (bicyclic) bond motifs is 8. The van der Waals surface area contributed by atoms with E-state index < -0.39 is 17.8 Å². The monoisotopic (exact) mass is 916 g/mol. The fraction of sp³-hybridized carbons (Fsp3) is 0.288. The number of carbonyl (C=O) groups excluding carboxylic acids is 5. The van der Waals surface area contributed by atoms with E-state index in [0.29, 0.717) is 64.2 Å². The molecule has 0 bridgehead atoms. The minimum atomic E-state index is -0.732. The molecule has 5 aromatic rings. The fourth-order valence-electron chi connectivity index (χ4n) is 9.23. The number of hydrogen-bond donors (Lipinski definition) is 0. The first kappa shape index (κ1) is 44.0. The number of amides is 4.